The Labute approximate surface area is 207 Å². The number of aromatic nitrogens is 2. The van der Waals surface area contributed by atoms with Crippen LogP contribution < -0.4 is 16.0 Å². The van der Waals surface area contributed by atoms with E-state index in [1.54, 1.807) is 31.4 Å². The number of rotatable bonds is 8. The van der Waals surface area contributed by atoms with Gasteiger partial charge in [0.1, 0.15) is 6.04 Å². The molecule has 0 aliphatic rings. The first-order chi connectivity index (χ1) is 16.9. The number of hydrogen-bond acceptors (Lipinski definition) is 8. The van der Waals surface area contributed by atoms with Crippen molar-refractivity contribution < 1.29 is 19.1 Å². The molecular weight excluding hydrogens is 466 g/mol. The molecule has 35 heavy (non-hydrogen) atoms. The number of nitrogens with one attached hydrogen (secondary N) is 3. The van der Waals surface area contributed by atoms with Gasteiger partial charge >= 0.3 is 5.97 Å². The van der Waals surface area contributed by atoms with Gasteiger partial charge in [0.2, 0.25) is 5.95 Å². The normalized spacial score (nSPS) is 10.9. The second kappa shape index (κ2) is 12.3. The van der Waals surface area contributed by atoms with Crippen LogP contribution in [0.1, 0.15) is 37.0 Å². The first-order valence-electron chi connectivity index (χ1n) is 10.7. The lowest BCUT2D eigenvalue weighted by Crippen LogP contribution is -2.49. The van der Waals surface area contributed by atoms with Crippen LogP contribution in [-0.4, -0.2) is 54.0 Å². The summed E-state index contributed by atoms with van der Waals surface area (Å²) in [5.41, 5.74) is 2.00. The van der Waals surface area contributed by atoms with E-state index in [4.69, 9.17) is 4.74 Å². The van der Waals surface area contributed by atoms with E-state index in [9.17, 15) is 14.4 Å². The first-order valence-corrected chi connectivity index (χ1v) is 11.6. The molecule has 3 N–H and O–H groups in total. The number of carbonyl (C=O) groups is 3. The van der Waals surface area contributed by atoms with E-state index in [0.29, 0.717) is 28.8 Å². The Morgan fingerprint density at radius 2 is 1.74 bits per heavy atom. The molecule has 1 unspecified atom stereocenters. The van der Waals surface area contributed by atoms with Crippen LogP contribution in [0.15, 0.2) is 47.8 Å². The fraction of sp³-hybridized carbons (Fsp3) is 0.240. The van der Waals surface area contributed by atoms with Gasteiger partial charge in [0.25, 0.3) is 11.8 Å². The summed E-state index contributed by atoms with van der Waals surface area (Å²) < 4.78 is 4.78. The van der Waals surface area contributed by atoms with Crippen LogP contribution >= 0.6 is 11.3 Å². The van der Waals surface area contributed by atoms with Crippen molar-refractivity contribution in [2.75, 3.05) is 25.5 Å². The lowest BCUT2D eigenvalue weighted by Gasteiger charge is -2.18. The highest BCUT2D eigenvalue weighted by Gasteiger charge is 2.25. The number of aryl methyl sites for hydroxylation is 2. The number of hydrogen-bond donors (Lipinski definition) is 3. The number of thiophene rings is 1. The summed E-state index contributed by atoms with van der Waals surface area (Å²) in [4.78, 5) is 46.6. The molecule has 0 fully saturated rings. The Balaban J connectivity index is 1.64. The molecule has 3 rings (SSSR count). The molecule has 0 radical (unpaired) electrons. The zero-order valence-electron chi connectivity index (χ0n) is 19.5. The largest absolute Gasteiger partial charge is 0.467 e. The van der Waals surface area contributed by atoms with Crippen molar-refractivity contribution in [3.05, 3.63) is 75.2 Å². The molecule has 0 saturated heterocycles. The Bertz CT molecular complexity index is 1230. The maximum Gasteiger partial charge on any atom is 0.330 e. The summed E-state index contributed by atoms with van der Waals surface area (Å²) in [5.74, 6) is 4.80. The molecule has 2 amide bonds. The number of benzene rings is 1. The van der Waals surface area contributed by atoms with E-state index in [0.717, 1.165) is 5.56 Å². The first kappa shape index (κ1) is 25.4. The fourth-order valence-electron chi connectivity index (χ4n) is 3.17. The minimum Gasteiger partial charge on any atom is -0.467 e. The van der Waals surface area contributed by atoms with Crippen molar-refractivity contribution in [3.8, 4) is 11.8 Å². The van der Waals surface area contributed by atoms with Crippen molar-refractivity contribution in [1.82, 2.24) is 20.6 Å². The van der Waals surface area contributed by atoms with E-state index in [1.807, 2.05) is 30.3 Å². The third-order valence-electron chi connectivity index (χ3n) is 4.84. The number of anilines is 1. The number of carbonyl (C=O) groups excluding carboxylic acids is 3. The topological polar surface area (TPSA) is 122 Å². The fourth-order valence-corrected chi connectivity index (χ4v) is 3.81. The van der Waals surface area contributed by atoms with Gasteiger partial charge in [0.05, 0.1) is 35.5 Å². The lowest BCUT2D eigenvalue weighted by molar-refractivity contribution is -0.142. The minimum absolute atomic E-state index is 0.131. The smallest absolute Gasteiger partial charge is 0.330 e. The van der Waals surface area contributed by atoms with E-state index in [1.165, 1.54) is 18.4 Å². The molecule has 9 nitrogen and oxygen atoms in total. The molecule has 0 aliphatic carbocycles. The van der Waals surface area contributed by atoms with Crippen molar-refractivity contribution in [3.63, 3.8) is 0 Å². The number of amides is 2. The predicted octanol–water partition coefficient (Wildman–Crippen LogP) is 2.32. The quantitative estimate of drug-likeness (QED) is 0.326. The predicted molar refractivity (Wildman–Crippen MR) is 133 cm³/mol. The van der Waals surface area contributed by atoms with Crippen molar-refractivity contribution in [2.45, 2.75) is 19.9 Å². The maximum atomic E-state index is 13.0. The van der Waals surface area contributed by atoms with Gasteiger partial charge < -0.3 is 20.7 Å². The number of methoxy groups -OCH3 is 1. The summed E-state index contributed by atoms with van der Waals surface area (Å²) in [7, 11) is 1.21. The average Bonchev–Trinajstić information content (AvgIpc) is 3.39. The Kier molecular flexibility index (Phi) is 8.92. The van der Waals surface area contributed by atoms with Gasteiger partial charge in [-0.1, -0.05) is 36.1 Å². The van der Waals surface area contributed by atoms with Gasteiger partial charge in [-0.25, -0.2) is 14.8 Å². The standard InChI is InChI=1S/C25H25N5O4S/c1-16-21(17(2)29-25(28-16)26-13-7-11-18-9-5-4-6-10-18)23(32)30-19(24(33)34-3)15-27-22(31)20-12-8-14-35-20/h4-6,8-10,12,14,19H,13,15H2,1-3H3,(H,27,31)(H,30,32)(H,26,28,29). The molecule has 0 saturated carbocycles. The third kappa shape index (κ3) is 7.12. The van der Waals surface area contributed by atoms with Crippen molar-refractivity contribution in [2.24, 2.45) is 0 Å². The SMILES string of the molecule is COC(=O)C(CNC(=O)c1cccs1)NC(=O)c1c(C)nc(NCC#Cc2ccccc2)nc1C. The van der Waals surface area contributed by atoms with Crippen LogP contribution in [0.25, 0.3) is 0 Å². The van der Waals surface area contributed by atoms with Crippen molar-refractivity contribution >= 4 is 35.1 Å². The molecule has 180 valence electrons. The molecule has 10 heteroatoms. The van der Waals surface area contributed by atoms with Crippen molar-refractivity contribution in [1.29, 1.82) is 0 Å². The average molecular weight is 492 g/mol. The summed E-state index contributed by atoms with van der Waals surface area (Å²) in [6.45, 7) is 3.55. The monoisotopic (exact) mass is 491 g/mol. The highest BCUT2D eigenvalue weighted by Crippen LogP contribution is 2.13. The second-order valence-corrected chi connectivity index (χ2v) is 8.30. The Hall–Kier alpha value is -4.23. The Morgan fingerprint density at radius 3 is 2.37 bits per heavy atom. The van der Waals surface area contributed by atoms with E-state index < -0.39 is 17.9 Å². The van der Waals surface area contributed by atoms with Crippen LogP contribution in [-0.2, 0) is 9.53 Å². The molecule has 0 spiro atoms. The van der Waals surface area contributed by atoms with Gasteiger partial charge in [-0.3, -0.25) is 9.59 Å². The summed E-state index contributed by atoms with van der Waals surface area (Å²) >= 11 is 1.27. The van der Waals surface area contributed by atoms with E-state index in [2.05, 4.69) is 37.8 Å². The van der Waals surface area contributed by atoms with Gasteiger partial charge in [-0.05, 0) is 37.4 Å². The molecule has 0 bridgehead atoms. The molecular formula is C25H25N5O4S. The van der Waals surface area contributed by atoms with Crippen LogP contribution in [0.3, 0.4) is 0 Å². The maximum absolute atomic E-state index is 13.0. The van der Waals surface area contributed by atoms with Gasteiger partial charge in [-0.2, -0.15) is 0 Å². The highest BCUT2D eigenvalue weighted by molar-refractivity contribution is 7.12. The number of nitrogens with zero attached hydrogens (tertiary/aromatic N) is 2. The summed E-state index contributed by atoms with van der Waals surface area (Å²) in [6, 6.07) is 11.9. The zero-order valence-corrected chi connectivity index (χ0v) is 20.4. The van der Waals surface area contributed by atoms with Gasteiger partial charge in [-0.15, -0.1) is 11.3 Å². The molecule has 3 aromatic rings. The minimum atomic E-state index is -1.08. The van der Waals surface area contributed by atoms with Gasteiger partial charge in [0, 0.05) is 12.1 Å². The number of esters is 1. The van der Waals surface area contributed by atoms with Crippen LogP contribution in [0.5, 0.6) is 0 Å². The van der Waals surface area contributed by atoms with E-state index >= 15 is 0 Å². The summed E-state index contributed by atoms with van der Waals surface area (Å²) in [6.07, 6.45) is 0. The lowest BCUT2D eigenvalue weighted by atomic mass is 10.1. The van der Waals surface area contributed by atoms with Crippen LogP contribution in [0.4, 0.5) is 5.95 Å². The molecule has 1 atom stereocenters. The van der Waals surface area contributed by atoms with E-state index in [-0.39, 0.29) is 18.0 Å². The summed E-state index contributed by atoms with van der Waals surface area (Å²) in [5, 5.41) is 10.0. The highest BCUT2D eigenvalue weighted by atomic mass is 32.1. The van der Waals surface area contributed by atoms with Crippen LogP contribution in [0, 0.1) is 25.7 Å². The van der Waals surface area contributed by atoms with Gasteiger partial charge in [0.15, 0.2) is 0 Å². The van der Waals surface area contributed by atoms with Crippen LogP contribution in [0.2, 0.25) is 0 Å². The second-order valence-electron chi connectivity index (χ2n) is 7.35. The third-order valence-corrected chi connectivity index (χ3v) is 5.71. The molecule has 2 aromatic heterocycles. The number of ether oxygens (including phenoxy) is 1. The zero-order chi connectivity index (χ0) is 25.2. The molecule has 0 aliphatic heterocycles. The Morgan fingerprint density at radius 1 is 1.03 bits per heavy atom. The molecule has 1 aromatic carbocycles. The molecule has 2 heterocycles.